The monoisotopic (exact) mass is 331 g/mol. The second-order valence-corrected chi connectivity index (χ2v) is 7.23. The molecule has 1 spiro atoms. The number of hydrogen-bond donors (Lipinski definition) is 0. The first-order chi connectivity index (χ1) is 11.4. The van der Waals surface area contributed by atoms with Gasteiger partial charge >= 0.3 is 5.97 Å². The molecule has 3 heterocycles. The molecule has 0 bridgehead atoms. The maximum Gasteiger partial charge on any atom is 0.312 e. The molecule has 1 unspecified atom stereocenters. The Morgan fingerprint density at radius 1 is 1.38 bits per heavy atom. The van der Waals surface area contributed by atoms with Crippen molar-refractivity contribution in [3.8, 4) is 0 Å². The van der Waals surface area contributed by atoms with Crippen molar-refractivity contribution in [2.45, 2.75) is 32.3 Å². The maximum absolute atomic E-state index is 12.6. The minimum atomic E-state index is -0.405. The SMILES string of the molecule is Cc1cccc(C(=O)N2CCC3(CC2)CC(CN(C)C)OC3=O)n1. The maximum atomic E-state index is 12.6. The largest absolute Gasteiger partial charge is 0.461 e. The molecule has 6 nitrogen and oxygen atoms in total. The van der Waals surface area contributed by atoms with Crippen LogP contribution in [0.15, 0.2) is 18.2 Å². The van der Waals surface area contributed by atoms with Crippen molar-refractivity contribution >= 4 is 11.9 Å². The molecule has 3 rings (SSSR count). The van der Waals surface area contributed by atoms with Crippen LogP contribution in [0.25, 0.3) is 0 Å². The number of aromatic nitrogens is 1. The van der Waals surface area contributed by atoms with Gasteiger partial charge in [0.2, 0.25) is 0 Å². The van der Waals surface area contributed by atoms with Crippen molar-refractivity contribution in [2.24, 2.45) is 5.41 Å². The van der Waals surface area contributed by atoms with E-state index in [0.717, 1.165) is 18.7 Å². The fourth-order valence-electron chi connectivity index (χ4n) is 3.72. The van der Waals surface area contributed by atoms with Gasteiger partial charge in [-0.1, -0.05) is 6.07 Å². The number of esters is 1. The average Bonchev–Trinajstić information content (AvgIpc) is 2.82. The summed E-state index contributed by atoms with van der Waals surface area (Å²) in [6, 6.07) is 5.47. The number of rotatable bonds is 3. The third-order valence-electron chi connectivity index (χ3n) is 5.01. The lowest BCUT2D eigenvalue weighted by atomic mass is 9.76. The second-order valence-electron chi connectivity index (χ2n) is 7.23. The number of aryl methyl sites for hydroxylation is 1. The highest BCUT2D eigenvalue weighted by Crippen LogP contribution is 2.43. The number of nitrogens with zero attached hydrogens (tertiary/aromatic N) is 3. The normalized spacial score (nSPS) is 22.9. The Labute approximate surface area is 142 Å². The topological polar surface area (TPSA) is 62.7 Å². The molecule has 0 N–H and O–H groups in total. The molecule has 2 fully saturated rings. The number of pyridine rings is 1. The summed E-state index contributed by atoms with van der Waals surface area (Å²) in [5, 5.41) is 0. The lowest BCUT2D eigenvalue weighted by Gasteiger charge is -2.36. The van der Waals surface area contributed by atoms with E-state index in [1.165, 1.54) is 0 Å². The summed E-state index contributed by atoms with van der Waals surface area (Å²) in [6.07, 6.45) is 2.07. The van der Waals surface area contributed by atoms with Crippen LogP contribution < -0.4 is 0 Å². The zero-order valence-corrected chi connectivity index (χ0v) is 14.6. The first-order valence-electron chi connectivity index (χ1n) is 8.48. The average molecular weight is 331 g/mol. The van der Waals surface area contributed by atoms with Crippen molar-refractivity contribution < 1.29 is 14.3 Å². The number of cyclic esters (lactones) is 1. The standard InChI is InChI=1S/C18H25N3O3/c1-13-5-4-6-15(19-13)16(22)21-9-7-18(8-10-21)11-14(12-20(2)3)24-17(18)23/h4-6,14H,7-12H2,1-3H3. The number of ether oxygens (including phenoxy) is 1. The van der Waals surface area contributed by atoms with Gasteiger partial charge in [0.1, 0.15) is 11.8 Å². The molecular weight excluding hydrogens is 306 g/mol. The molecule has 130 valence electrons. The van der Waals surface area contributed by atoms with Crippen LogP contribution in [0.5, 0.6) is 0 Å². The van der Waals surface area contributed by atoms with E-state index in [0.29, 0.717) is 31.6 Å². The Balaban J connectivity index is 1.63. The number of carbonyl (C=O) groups excluding carboxylic acids is 2. The minimum absolute atomic E-state index is 0.0341. The minimum Gasteiger partial charge on any atom is -0.461 e. The summed E-state index contributed by atoms with van der Waals surface area (Å²) < 4.78 is 5.57. The molecular formula is C18H25N3O3. The zero-order chi connectivity index (χ0) is 17.3. The lowest BCUT2D eigenvalue weighted by Crippen LogP contribution is -2.45. The molecule has 0 saturated carbocycles. The summed E-state index contributed by atoms with van der Waals surface area (Å²) in [7, 11) is 3.96. The van der Waals surface area contributed by atoms with Crippen LogP contribution in [0, 0.1) is 12.3 Å². The van der Waals surface area contributed by atoms with E-state index in [-0.39, 0.29) is 18.0 Å². The van der Waals surface area contributed by atoms with Crippen LogP contribution in [0.2, 0.25) is 0 Å². The van der Waals surface area contributed by atoms with Gasteiger partial charge in [-0.25, -0.2) is 4.98 Å². The fraction of sp³-hybridized carbons (Fsp3) is 0.611. The third kappa shape index (κ3) is 3.29. The number of piperidine rings is 1. The van der Waals surface area contributed by atoms with Crippen LogP contribution in [-0.4, -0.2) is 66.5 Å². The van der Waals surface area contributed by atoms with E-state index in [9.17, 15) is 9.59 Å². The van der Waals surface area contributed by atoms with Crippen molar-refractivity contribution in [1.29, 1.82) is 0 Å². The van der Waals surface area contributed by atoms with Gasteiger partial charge in [-0.15, -0.1) is 0 Å². The predicted molar refractivity (Wildman–Crippen MR) is 89.6 cm³/mol. The van der Waals surface area contributed by atoms with Crippen molar-refractivity contribution in [1.82, 2.24) is 14.8 Å². The van der Waals surface area contributed by atoms with Gasteiger partial charge in [0.15, 0.2) is 0 Å². The van der Waals surface area contributed by atoms with Crippen molar-refractivity contribution in [2.75, 3.05) is 33.7 Å². The van der Waals surface area contributed by atoms with Crippen molar-refractivity contribution in [3.63, 3.8) is 0 Å². The molecule has 1 amide bonds. The Hall–Kier alpha value is -1.95. The molecule has 2 saturated heterocycles. The quantitative estimate of drug-likeness (QED) is 0.785. The van der Waals surface area contributed by atoms with Gasteiger partial charge < -0.3 is 14.5 Å². The highest BCUT2D eigenvalue weighted by molar-refractivity contribution is 5.92. The summed E-state index contributed by atoms with van der Waals surface area (Å²) in [4.78, 5) is 33.1. The van der Waals surface area contributed by atoms with E-state index in [2.05, 4.69) is 4.98 Å². The Bertz CT molecular complexity index is 636. The summed E-state index contributed by atoms with van der Waals surface area (Å²) in [5.41, 5.74) is 0.906. The van der Waals surface area contributed by atoms with Gasteiger partial charge in [0.25, 0.3) is 5.91 Å². The van der Waals surface area contributed by atoms with E-state index in [1.807, 2.05) is 38.1 Å². The van der Waals surface area contributed by atoms with Crippen LogP contribution >= 0.6 is 0 Å². The lowest BCUT2D eigenvalue weighted by molar-refractivity contribution is -0.150. The number of hydrogen-bond acceptors (Lipinski definition) is 5. The molecule has 2 aliphatic rings. The van der Waals surface area contributed by atoms with Gasteiger partial charge in [-0.2, -0.15) is 0 Å². The summed E-state index contributed by atoms with van der Waals surface area (Å²) in [6.45, 7) is 3.79. The van der Waals surface area contributed by atoms with E-state index < -0.39 is 5.41 Å². The van der Waals surface area contributed by atoms with E-state index in [1.54, 1.807) is 11.0 Å². The highest BCUT2D eigenvalue weighted by atomic mass is 16.6. The molecule has 2 aliphatic heterocycles. The number of carbonyl (C=O) groups is 2. The molecule has 0 aromatic carbocycles. The molecule has 6 heteroatoms. The van der Waals surface area contributed by atoms with Crippen LogP contribution in [0.4, 0.5) is 0 Å². The Morgan fingerprint density at radius 3 is 2.71 bits per heavy atom. The number of amides is 1. The number of likely N-dealkylation sites (N-methyl/N-ethyl adjacent to an activating group) is 1. The van der Waals surface area contributed by atoms with Gasteiger partial charge in [-0.3, -0.25) is 9.59 Å². The van der Waals surface area contributed by atoms with E-state index >= 15 is 0 Å². The molecule has 1 aromatic rings. The van der Waals surface area contributed by atoms with Gasteiger partial charge in [0.05, 0.1) is 5.41 Å². The van der Waals surface area contributed by atoms with Gasteiger partial charge in [-0.05, 0) is 46.0 Å². The second kappa shape index (κ2) is 6.51. The molecule has 24 heavy (non-hydrogen) atoms. The van der Waals surface area contributed by atoms with Crippen LogP contribution in [0.3, 0.4) is 0 Å². The molecule has 1 atom stereocenters. The smallest absolute Gasteiger partial charge is 0.312 e. The third-order valence-corrected chi connectivity index (χ3v) is 5.01. The highest BCUT2D eigenvalue weighted by Gasteiger charge is 2.50. The van der Waals surface area contributed by atoms with Gasteiger partial charge in [0, 0.05) is 31.7 Å². The summed E-state index contributed by atoms with van der Waals surface area (Å²) >= 11 is 0. The van der Waals surface area contributed by atoms with Crippen LogP contribution in [0.1, 0.15) is 35.4 Å². The zero-order valence-electron chi connectivity index (χ0n) is 14.6. The summed E-state index contributed by atoms with van der Waals surface area (Å²) in [5.74, 6) is -0.139. The first kappa shape index (κ1) is 16.9. The molecule has 1 aromatic heterocycles. The van der Waals surface area contributed by atoms with E-state index in [4.69, 9.17) is 4.74 Å². The first-order valence-corrected chi connectivity index (χ1v) is 8.48. The fourth-order valence-corrected chi connectivity index (χ4v) is 3.72. The Kier molecular flexibility index (Phi) is 4.58. The molecule has 0 radical (unpaired) electrons. The Morgan fingerprint density at radius 2 is 2.08 bits per heavy atom. The molecule has 0 aliphatic carbocycles. The van der Waals surface area contributed by atoms with Crippen molar-refractivity contribution in [3.05, 3.63) is 29.6 Å². The number of likely N-dealkylation sites (tertiary alicyclic amines) is 1. The van der Waals surface area contributed by atoms with Crippen LogP contribution in [-0.2, 0) is 9.53 Å². The predicted octanol–water partition coefficient (Wildman–Crippen LogP) is 1.49.